The summed E-state index contributed by atoms with van der Waals surface area (Å²) in [5.74, 6) is -1.85. The van der Waals surface area contributed by atoms with Crippen molar-refractivity contribution in [2.24, 2.45) is 0 Å². The lowest BCUT2D eigenvalue weighted by atomic mass is 9.95. The second-order valence-electron chi connectivity index (χ2n) is 3.80. The van der Waals surface area contributed by atoms with E-state index in [1.807, 2.05) is 0 Å². The van der Waals surface area contributed by atoms with Crippen molar-refractivity contribution >= 4 is 5.97 Å². The summed E-state index contributed by atoms with van der Waals surface area (Å²) in [6.45, 7) is 1.52. The molecule has 17 heavy (non-hydrogen) atoms. The number of cyclic esters (lactones) is 1. The van der Waals surface area contributed by atoms with E-state index in [0.29, 0.717) is 0 Å². The number of phenolic OH excluding ortho intramolecular Hbond substituents is 2. The van der Waals surface area contributed by atoms with Crippen LogP contribution in [0.2, 0.25) is 0 Å². The summed E-state index contributed by atoms with van der Waals surface area (Å²) in [5.41, 5.74) is -0.0465. The standard InChI is InChI=1S/C11H12O6/c1-4-8(13)5-3-6(12)10(16-2)9(14)7(5)11(15)17-4/h3-4,8,12-14H,1-2H3/t4-,8-/m1/s1. The van der Waals surface area contributed by atoms with Gasteiger partial charge >= 0.3 is 5.97 Å². The molecule has 6 nitrogen and oxygen atoms in total. The van der Waals surface area contributed by atoms with Gasteiger partial charge in [0, 0.05) is 5.56 Å². The number of methoxy groups -OCH3 is 1. The fraction of sp³-hybridized carbons (Fsp3) is 0.364. The molecule has 6 heteroatoms. The Balaban J connectivity index is 2.70. The van der Waals surface area contributed by atoms with Crippen LogP contribution in [0, 0.1) is 0 Å². The number of aliphatic hydroxyl groups excluding tert-OH is 1. The van der Waals surface area contributed by atoms with E-state index < -0.39 is 23.9 Å². The van der Waals surface area contributed by atoms with E-state index in [0.717, 1.165) is 0 Å². The number of carbonyl (C=O) groups is 1. The molecule has 0 bridgehead atoms. The van der Waals surface area contributed by atoms with Gasteiger partial charge in [-0.2, -0.15) is 0 Å². The number of hydrogen-bond donors (Lipinski definition) is 3. The Hall–Kier alpha value is -1.95. The normalized spacial score (nSPS) is 22.9. The maximum atomic E-state index is 11.6. The maximum Gasteiger partial charge on any atom is 0.342 e. The number of carbonyl (C=O) groups excluding carboxylic acids is 1. The Morgan fingerprint density at radius 1 is 1.41 bits per heavy atom. The quantitative estimate of drug-likeness (QED) is 0.625. The first-order valence-corrected chi connectivity index (χ1v) is 4.99. The lowest BCUT2D eigenvalue weighted by Gasteiger charge is -2.28. The van der Waals surface area contributed by atoms with Gasteiger partial charge in [-0.3, -0.25) is 0 Å². The average Bonchev–Trinajstić information content (AvgIpc) is 2.25. The van der Waals surface area contributed by atoms with Crippen LogP contribution in [0.4, 0.5) is 0 Å². The molecule has 3 N–H and O–H groups in total. The number of benzene rings is 1. The second-order valence-corrected chi connectivity index (χ2v) is 3.80. The molecule has 1 heterocycles. The van der Waals surface area contributed by atoms with Crippen LogP contribution in [0.25, 0.3) is 0 Å². The molecule has 0 saturated carbocycles. The first-order chi connectivity index (χ1) is 7.97. The fourth-order valence-electron chi connectivity index (χ4n) is 1.85. The molecule has 0 aliphatic carbocycles. The third-order valence-electron chi connectivity index (χ3n) is 2.73. The molecule has 0 radical (unpaired) electrons. The molecule has 0 spiro atoms. The summed E-state index contributed by atoms with van der Waals surface area (Å²) in [7, 11) is 1.24. The van der Waals surface area contributed by atoms with Crippen LogP contribution in [-0.2, 0) is 4.74 Å². The van der Waals surface area contributed by atoms with Crippen molar-refractivity contribution in [1.29, 1.82) is 0 Å². The average molecular weight is 240 g/mol. The molecule has 92 valence electrons. The zero-order chi connectivity index (χ0) is 12.7. The van der Waals surface area contributed by atoms with Crippen molar-refractivity contribution in [1.82, 2.24) is 0 Å². The summed E-state index contributed by atoms with van der Waals surface area (Å²) in [6.07, 6.45) is -1.83. The van der Waals surface area contributed by atoms with Gasteiger partial charge in [0.1, 0.15) is 17.8 Å². The molecule has 1 aliphatic heterocycles. The van der Waals surface area contributed by atoms with Crippen LogP contribution < -0.4 is 4.74 Å². The Kier molecular flexibility index (Phi) is 2.59. The highest BCUT2D eigenvalue weighted by Crippen LogP contribution is 2.45. The van der Waals surface area contributed by atoms with Gasteiger partial charge < -0.3 is 24.8 Å². The summed E-state index contributed by atoms with van der Waals surface area (Å²) in [6, 6.07) is 1.19. The monoisotopic (exact) mass is 240 g/mol. The van der Waals surface area contributed by atoms with Gasteiger partial charge in [0.05, 0.1) is 7.11 Å². The number of rotatable bonds is 1. The van der Waals surface area contributed by atoms with Gasteiger partial charge in [-0.25, -0.2) is 4.79 Å². The Morgan fingerprint density at radius 2 is 2.06 bits per heavy atom. The summed E-state index contributed by atoms with van der Waals surface area (Å²) < 4.78 is 9.62. The zero-order valence-corrected chi connectivity index (χ0v) is 9.30. The van der Waals surface area contributed by atoms with E-state index in [1.165, 1.54) is 20.1 Å². The van der Waals surface area contributed by atoms with Crippen LogP contribution >= 0.6 is 0 Å². The lowest BCUT2D eigenvalue weighted by Crippen LogP contribution is -2.30. The topological polar surface area (TPSA) is 96.2 Å². The minimum atomic E-state index is -1.09. The third-order valence-corrected chi connectivity index (χ3v) is 2.73. The van der Waals surface area contributed by atoms with Gasteiger partial charge in [0.2, 0.25) is 5.75 Å². The highest BCUT2D eigenvalue weighted by atomic mass is 16.6. The van der Waals surface area contributed by atoms with Crippen LogP contribution in [-0.4, -0.2) is 34.5 Å². The first kappa shape index (κ1) is 11.5. The first-order valence-electron chi connectivity index (χ1n) is 4.99. The van der Waals surface area contributed by atoms with Gasteiger partial charge in [0.15, 0.2) is 11.5 Å². The van der Waals surface area contributed by atoms with Crippen molar-refractivity contribution in [3.63, 3.8) is 0 Å². The van der Waals surface area contributed by atoms with Crippen LogP contribution in [0.5, 0.6) is 17.2 Å². The smallest absolute Gasteiger partial charge is 0.342 e. The molecule has 0 fully saturated rings. The molecule has 0 unspecified atom stereocenters. The molecule has 2 rings (SSSR count). The summed E-state index contributed by atoms with van der Waals surface area (Å²) in [5, 5.41) is 29.2. The zero-order valence-electron chi connectivity index (χ0n) is 9.30. The van der Waals surface area contributed by atoms with E-state index in [4.69, 9.17) is 9.47 Å². The van der Waals surface area contributed by atoms with Crippen LogP contribution in [0.15, 0.2) is 6.07 Å². The number of aromatic hydroxyl groups is 2. The Bertz CT molecular complexity index is 481. The molecule has 1 aliphatic rings. The molecule has 1 aromatic rings. The van der Waals surface area contributed by atoms with Crippen LogP contribution in [0.1, 0.15) is 28.9 Å². The van der Waals surface area contributed by atoms with Crippen molar-refractivity contribution in [2.45, 2.75) is 19.1 Å². The number of ether oxygens (including phenoxy) is 2. The molecule has 0 saturated heterocycles. The van der Waals surface area contributed by atoms with Crippen molar-refractivity contribution in [2.75, 3.05) is 7.11 Å². The predicted octanol–water partition coefficient (Wildman–Crippen LogP) is 0.699. The lowest BCUT2D eigenvalue weighted by molar-refractivity contribution is -0.0218. The van der Waals surface area contributed by atoms with Crippen molar-refractivity contribution < 1.29 is 29.6 Å². The minimum absolute atomic E-state index is 0.129. The van der Waals surface area contributed by atoms with Crippen LogP contribution in [0.3, 0.4) is 0 Å². The largest absolute Gasteiger partial charge is 0.504 e. The predicted molar refractivity (Wildman–Crippen MR) is 56.2 cm³/mol. The fourth-order valence-corrected chi connectivity index (χ4v) is 1.85. The Labute approximate surface area is 97.0 Å². The highest BCUT2D eigenvalue weighted by Gasteiger charge is 2.36. The van der Waals surface area contributed by atoms with Crippen molar-refractivity contribution in [3.8, 4) is 17.2 Å². The molecule has 1 aromatic carbocycles. The number of aliphatic hydroxyl groups is 1. The van der Waals surface area contributed by atoms with E-state index in [-0.39, 0.29) is 22.6 Å². The number of phenols is 2. The van der Waals surface area contributed by atoms with E-state index in [9.17, 15) is 20.1 Å². The SMILES string of the molecule is COc1c(O)cc2c(c1O)C(=O)O[C@H](C)[C@H]2O. The molecule has 2 atom stereocenters. The molecule has 0 amide bonds. The molecule has 0 aromatic heterocycles. The van der Waals surface area contributed by atoms with Gasteiger partial charge in [-0.05, 0) is 13.0 Å². The number of esters is 1. The second kappa shape index (κ2) is 3.81. The van der Waals surface area contributed by atoms with Gasteiger partial charge in [0.25, 0.3) is 0 Å². The van der Waals surface area contributed by atoms with Gasteiger partial charge in [-0.15, -0.1) is 0 Å². The summed E-state index contributed by atoms with van der Waals surface area (Å²) >= 11 is 0. The summed E-state index contributed by atoms with van der Waals surface area (Å²) in [4.78, 5) is 11.6. The number of fused-ring (bicyclic) bond motifs is 1. The molecular weight excluding hydrogens is 228 g/mol. The van der Waals surface area contributed by atoms with E-state index >= 15 is 0 Å². The maximum absolute atomic E-state index is 11.6. The van der Waals surface area contributed by atoms with E-state index in [1.54, 1.807) is 0 Å². The van der Waals surface area contributed by atoms with E-state index in [2.05, 4.69) is 0 Å². The van der Waals surface area contributed by atoms with Crippen molar-refractivity contribution in [3.05, 3.63) is 17.2 Å². The molecular formula is C11H12O6. The Morgan fingerprint density at radius 3 is 2.65 bits per heavy atom. The highest BCUT2D eigenvalue weighted by molar-refractivity contribution is 5.97. The third kappa shape index (κ3) is 1.57. The number of hydrogen-bond acceptors (Lipinski definition) is 6. The minimum Gasteiger partial charge on any atom is -0.504 e. The van der Waals surface area contributed by atoms with Gasteiger partial charge in [-0.1, -0.05) is 0 Å².